The molecule has 0 amide bonds. The highest BCUT2D eigenvalue weighted by Gasteiger charge is 2.00. The minimum atomic E-state index is 0. The number of anilines is 1. The second kappa shape index (κ2) is 7.59. The maximum Gasteiger partial charge on any atom is 0.180 e. The van der Waals surface area contributed by atoms with Crippen LogP contribution in [0.2, 0.25) is 5.02 Å². The molecule has 0 aliphatic carbocycles. The van der Waals surface area contributed by atoms with Gasteiger partial charge in [0.2, 0.25) is 0 Å². The van der Waals surface area contributed by atoms with E-state index < -0.39 is 0 Å². The zero-order chi connectivity index (χ0) is 12.1. The van der Waals surface area contributed by atoms with Gasteiger partial charge in [-0.2, -0.15) is 0 Å². The third kappa shape index (κ3) is 4.46. The number of nitrogens with one attached hydrogen (secondary N) is 1. The fraction of sp³-hybridized carbons (Fsp3) is 0.250. The average Bonchev–Trinajstić information content (AvgIpc) is 2.73. The van der Waals surface area contributed by atoms with E-state index in [0.29, 0.717) is 5.13 Å². The third-order valence-corrected chi connectivity index (χ3v) is 3.59. The summed E-state index contributed by atoms with van der Waals surface area (Å²) in [6.07, 6.45) is 2.73. The lowest BCUT2D eigenvalue weighted by atomic mass is 10.1. The summed E-state index contributed by atoms with van der Waals surface area (Å²) in [7, 11) is 0. The summed E-state index contributed by atoms with van der Waals surface area (Å²) in [4.78, 5) is 5.16. The van der Waals surface area contributed by atoms with Crippen molar-refractivity contribution < 1.29 is 0 Å². The Bertz CT molecular complexity index is 488. The predicted molar refractivity (Wildman–Crippen MR) is 80.6 cm³/mol. The number of nitrogens with two attached hydrogens (primary N) is 1. The average molecular weight is 304 g/mol. The largest absolute Gasteiger partial charge is 0.375 e. The van der Waals surface area contributed by atoms with Crippen LogP contribution in [-0.2, 0) is 13.0 Å². The van der Waals surface area contributed by atoms with Crippen LogP contribution in [0.15, 0.2) is 30.5 Å². The molecule has 0 unspecified atom stereocenters. The second-order valence-electron chi connectivity index (χ2n) is 3.68. The highest BCUT2D eigenvalue weighted by Crippen LogP contribution is 2.15. The van der Waals surface area contributed by atoms with Crippen molar-refractivity contribution in [3.05, 3.63) is 45.9 Å². The van der Waals surface area contributed by atoms with Crippen LogP contribution in [-0.4, -0.2) is 11.5 Å². The van der Waals surface area contributed by atoms with Crippen LogP contribution in [0.4, 0.5) is 5.13 Å². The lowest BCUT2D eigenvalue weighted by Gasteiger charge is -2.04. The zero-order valence-electron chi connectivity index (χ0n) is 9.73. The minimum Gasteiger partial charge on any atom is -0.375 e. The van der Waals surface area contributed by atoms with Crippen LogP contribution in [0.3, 0.4) is 0 Å². The lowest BCUT2D eigenvalue weighted by molar-refractivity contribution is 0.693. The maximum atomic E-state index is 6.07. The molecule has 3 nitrogen and oxygen atoms in total. The van der Waals surface area contributed by atoms with E-state index in [9.17, 15) is 0 Å². The fourth-order valence-corrected chi connectivity index (χ4v) is 2.42. The van der Waals surface area contributed by atoms with Gasteiger partial charge in [0.05, 0.1) is 0 Å². The molecule has 98 valence electrons. The van der Waals surface area contributed by atoms with Gasteiger partial charge in [-0.15, -0.1) is 23.7 Å². The molecular formula is C12H15Cl2N3S. The number of hydrogen-bond acceptors (Lipinski definition) is 4. The molecule has 0 fully saturated rings. The molecule has 18 heavy (non-hydrogen) atoms. The van der Waals surface area contributed by atoms with Crippen LogP contribution in [0, 0.1) is 0 Å². The van der Waals surface area contributed by atoms with Crippen LogP contribution in [0.25, 0.3) is 0 Å². The van der Waals surface area contributed by atoms with Gasteiger partial charge in [-0.1, -0.05) is 29.8 Å². The first-order valence-electron chi connectivity index (χ1n) is 5.40. The molecule has 0 bridgehead atoms. The van der Waals surface area contributed by atoms with E-state index in [0.717, 1.165) is 29.4 Å². The van der Waals surface area contributed by atoms with Crippen LogP contribution in [0.1, 0.15) is 10.4 Å². The lowest BCUT2D eigenvalue weighted by Crippen LogP contribution is -2.16. The first-order valence-corrected chi connectivity index (χ1v) is 6.59. The monoisotopic (exact) mass is 303 g/mol. The Hall–Kier alpha value is -0.810. The Morgan fingerprint density at radius 2 is 2.11 bits per heavy atom. The van der Waals surface area contributed by atoms with Crippen molar-refractivity contribution in [2.75, 3.05) is 12.3 Å². The van der Waals surface area contributed by atoms with Crippen molar-refractivity contribution in [2.24, 2.45) is 0 Å². The van der Waals surface area contributed by atoms with Crippen molar-refractivity contribution in [2.45, 2.75) is 13.0 Å². The summed E-state index contributed by atoms with van der Waals surface area (Å²) in [5.74, 6) is 0. The summed E-state index contributed by atoms with van der Waals surface area (Å²) in [6.45, 7) is 1.70. The van der Waals surface area contributed by atoms with E-state index in [1.807, 2.05) is 24.4 Å². The summed E-state index contributed by atoms with van der Waals surface area (Å²) >= 11 is 7.59. The molecule has 6 heteroatoms. The molecule has 0 spiro atoms. The molecule has 1 aromatic heterocycles. The molecule has 0 aliphatic heterocycles. The Kier molecular flexibility index (Phi) is 6.43. The van der Waals surface area contributed by atoms with E-state index in [4.69, 9.17) is 17.3 Å². The summed E-state index contributed by atoms with van der Waals surface area (Å²) in [6, 6.07) is 7.92. The molecule has 0 atom stereocenters. The van der Waals surface area contributed by atoms with Gasteiger partial charge in [0.25, 0.3) is 0 Å². The van der Waals surface area contributed by atoms with E-state index in [1.54, 1.807) is 0 Å². The normalized spacial score (nSPS) is 10.1. The Balaban J connectivity index is 0.00000162. The number of halogens is 2. The Morgan fingerprint density at radius 1 is 1.33 bits per heavy atom. The van der Waals surface area contributed by atoms with E-state index in [-0.39, 0.29) is 12.4 Å². The highest BCUT2D eigenvalue weighted by atomic mass is 35.5. The van der Waals surface area contributed by atoms with Crippen molar-refractivity contribution >= 4 is 40.5 Å². The van der Waals surface area contributed by atoms with Crippen molar-refractivity contribution in [1.82, 2.24) is 10.3 Å². The zero-order valence-corrected chi connectivity index (χ0v) is 12.1. The number of nitrogens with zero attached hydrogens (tertiary/aromatic N) is 1. The number of thiazole rings is 1. The van der Waals surface area contributed by atoms with Gasteiger partial charge in [0.1, 0.15) is 0 Å². The molecule has 0 saturated heterocycles. The number of rotatable bonds is 5. The van der Waals surface area contributed by atoms with Crippen LogP contribution in [0.5, 0.6) is 0 Å². The number of aromatic nitrogens is 1. The van der Waals surface area contributed by atoms with E-state index in [2.05, 4.69) is 16.4 Å². The molecule has 0 aliphatic rings. The molecule has 3 N–H and O–H groups in total. The Labute approximate surface area is 122 Å². The first kappa shape index (κ1) is 15.2. The molecule has 1 aromatic carbocycles. The van der Waals surface area contributed by atoms with Gasteiger partial charge < -0.3 is 11.1 Å². The molecule has 2 rings (SSSR count). The minimum absolute atomic E-state index is 0. The number of nitrogen functional groups attached to an aromatic ring is 1. The number of benzene rings is 1. The fourth-order valence-electron chi connectivity index (χ4n) is 1.54. The van der Waals surface area contributed by atoms with Crippen LogP contribution >= 0.6 is 35.3 Å². The van der Waals surface area contributed by atoms with Gasteiger partial charge in [-0.05, 0) is 24.6 Å². The molecule has 1 heterocycles. The summed E-state index contributed by atoms with van der Waals surface area (Å²) in [5.41, 5.74) is 6.73. The van der Waals surface area contributed by atoms with Crippen molar-refractivity contribution in [3.8, 4) is 0 Å². The van der Waals surface area contributed by atoms with Gasteiger partial charge in [0.15, 0.2) is 5.13 Å². The van der Waals surface area contributed by atoms with Crippen LogP contribution < -0.4 is 11.1 Å². The summed E-state index contributed by atoms with van der Waals surface area (Å²) < 4.78 is 0. The van der Waals surface area contributed by atoms with Crippen molar-refractivity contribution in [3.63, 3.8) is 0 Å². The van der Waals surface area contributed by atoms with E-state index in [1.165, 1.54) is 16.9 Å². The SMILES string of the molecule is Cl.Nc1ncc(CNCCc2ccccc2Cl)s1. The third-order valence-electron chi connectivity index (χ3n) is 2.40. The van der Waals surface area contributed by atoms with Gasteiger partial charge in [-0.25, -0.2) is 4.98 Å². The highest BCUT2D eigenvalue weighted by molar-refractivity contribution is 7.15. The molecule has 0 radical (unpaired) electrons. The molecular weight excluding hydrogens is 289 g/mol. The summed E-state index contributed by atoms with van der Waals surface area (Å²) in [5, 5.41) is 4.80. The molecule has 2 aromatic rings. The second-order valence-corrected chi connectivity index (χ2v) is 5.24. The predicted octanol–water partition coefficient (Wildman–Crippen LogP) is 3.13. The van der Waals surface area contributed by atoms with Gasteiger partial charge in [0, 0.05) is 22.6 Å². The first-order chi connectivity index (χ1) is 8.25. The Morgan fingerprint density at radius 3 is 2.78 bits per heavy atom. The smallest absolute Gasteiger partial charge is 0.180 e. The van der Waals surface area contributed by atoms with Crippen molar-refractivity contribution in [1.29, 1.82) is 0 Å². The quantitative estimate of drug-likeness (QED) is 0.834. The standard InChI is InChI=1S/C12H14ClN3S.ClH/c13-11-4-2-1-3-9(11)5-6-15-7-10-8-16-12(14)17-10;/h1-4,8,15H,5-7H2,(H2,14,16);1H. The van der Waals surface area contributed by atoms with Gasteiger partial charge >= 0.3 is 0 Å². The maximum absolute atomic E-state index is 6.07. The van der Waals surface area contributed by atoms with Gasteiger partial charge in [-0.3, -0.25) is 0 Å². The van der Waals surface area contributed by atoms with E-state index >= 15 is 0 Å². The molecule has 0 saturated carbocycles. The topological polar surface area (TPSA) is 50.9 Å². The number of hydrogen-bond donors (Lipinski definition) is 2.